The van der Waals surface area contributed by atoms with Crippen molar-refractivity contribution in [2.24, 2.45) is 0 Å². The second-order valence-corrected chi connectivity index (χ2v) is 10.8. The molecule has 13 heteroatoms. The fraction of sp³-hybridized carbons (Fsp3) is 0.316. The number of hydrogen-bond acceptors (Lipinski definition) is 4. The summed E-state index contributed by atoms with van der Waals surface area (Å²) in [5.74, 6) is 0.441. The Hall–Kier alpha value is -1.33. The van der Waals surface area contributed by atoms with Crippen LogP contribution in [0.25, 0.3) is 0 Å². The summed E-state index contributed by atoms with van der Waals surface area (Å²) in [6, 6.07) is 7.51. The van der Waals surface area contributed by atoms with Crippen LogP contribution in [0.5, 0.6) is 0 Å². The lowest BCUT2D eigenvalue weighted by molar-refractivity contribution is -0.137. The van der Waals surface area contributed by atoms with E-state index in [1.165, 1.54) is 11.8 Å². The minimum Gasteiger partial charge on any atom is -0.354 e. The Morgan fingerprint density at radius 1 is 1.06 bits per heavy atom. The van der Waals surface area contributed by atoms with Crippen molar-refractivity contribution < 1.29 is 26.4 Å². The maximum atomic E-state index is 13.0. The molecule has 0 heterocycles. The number of nitrogens with zero attached hydrogens (tertiary/aromatic N) is 1. The van der Waals surface area contributed by atoms with Crippen molar-refractivity contribution in [2.75, 3.05) is 29.4 Å². The standard InChI is InChI=1S/C19H18Cl3F3N2O3S2/c1-32(29,30)27(17-9-13(19(23,24)25)3-5-15(17)21)10-18(28)26-6-7-31-11-12-2-4-14(20)16(22)8-12/h2-5,8-9H,6-7,10-11H2,1H3,(H,26,28). The van der Waals surface area contributed by atoms with Crippen molar-refractivity contribution in [1.82, 2.24) is 5.32 Å². The number of thioether (sulfide) groups is 1. The van der Waals surface area contributed by atoms with Crippen LogP contribution in [0.2, 0.25) is 15.1 Å². The largest absolute Gasteiger partial charge is 0.416 e. The molecule has 0 aliphatic carbocycles. The maximum absolute atomic E-state index is 13.0. The van der Waals surface area contributed by atoms with Gasteiger partial charge in [0.25, 0.3) is 0 Å². The molecule has 1 N–H and O–H groups in total. The van der Waals surface area contributed by atoms with Gasteiger partial charge in [0.05, 0.1) is 32.6 Å². The van der Waals surface area contributed by atoms with E-state index in [0.717, 1.165) is 24.0 Å². The molecule has 0 spiro atoms. The zero-order valence-corrected chi connectivity index (χ0v) is 20.4. The lowest BCUT2D eigenvalue weighted by Gasteiger charge is -2.24. The molecule has 176 valence electrons. The molecule has 0 saturated carbocycles. The molecule has 1 amide bonds. The Balaban J connectivity index is 1.97. The molecule has 0 radical (unpaired) electrons. The minimum absolute atomic E-state index is 0.221. The molecular weight excluding hydrogens is 532 g/mol. The van der Waals surface area contributed by atoms with E-state index >= 15 is 0 Å². The van der Waals surface area contributed by atoms with Gasteiger partial charge in [-0.25, -0.2) is 8.42 Å². The summed E-state index contributed by atoms with van der Waals surface area (Å²) >= 11 is 19.2. The maximum Gasteiger partial charge on any atom is 0.416 e. The van der Waals surface area contributed by atoms with Gasteiger partial charge in [-0.3, -0.25) is 9.10 Å². The van der Waals surface area contributed by atoms with Crippen LogP contribution in [0.4, 0.5) is 18.9 Å². The highest BCUT2D eigenvalue weighted by Crippen LogP contribution is 2.36. The molecule has 5 nitrogen and oxygen atoms in total. The van der Waals surface area contributed by atoms with E-state index in [9.17, 15) is 26.4 Å². The van der Waals surface area contributed by atoms with Crippen molar-refractivity contribution in [3.05, 3.63) is 62.6 Å². The Bertz CT molecular complexity index is 1080. The topological polar surface area (TPSA) is 66.5 Å². The highest BCUT2D eigenvalue weighted by molar-refractivity contribution is 7.98. The Morgan fingerprint density at radius 2 is 1.72 bits per heavy atom. The fourth-order valence-electron chi connectivity index (χ4n) is 2.53. The summed E-state index contributed by atoms with van der Waals surface area (Å²) in [4.78, 5) is 12.3. The number of hydrogen-bond donors (Lipinski definition) is 1. The summed E-state index contributed by atoms with van der Waals surface area (Å²) < 4.78 is 63.9. The molecular formula is C19H18Cl3F3N2O3S2. The van der Waals surface area contributed by atoms with Gasteiger partial charge >= 0.3 is 6.18 Å². The van der Waals surface area contributed by atoms with Gasteiger partial charge in [0.15, 0.2) is 0 Å². The number of halogens is 6. The quantitative estimate of drug-likeness (QED) is 0.421. The van der Waals surface area contributed by atoms with Gasteiger partial charge < -0.3 is 5.32 Å². The van der Waals surface area contributed by atoms with Crippen molar-refractivity contribution >= 4 is 68.2 Å². The van der Waals surface area contributed by atoms with E-state index in [4.69, 9.17) is 34.8 Å². The van der Waals surface area contributed by atoms with Crippen LogP contribution in [0.1, 0.15) is 11.1 Å². The highest BCUT2D eigenvalue weighted by atomic mass is 35.5. The van der Waals surface area contributed by atoms with Crippen LogP contribution in [-0.2, 0) is 26.7 Å². The number of amides is 1. The molecule has 0 atom stereocenters. The SMILES string of the molecule is CS(=O)(=O)N(CC(=O)NCCSCc1ccc(Cl)c(Cl)c1)c1cc(C(F)(F)F)ccc1Cl. The van der Waals surface area contributed by atoms with Crippen LogP contribution in [0.3, 0.4) is 0 Å². The predicted molar refractivity (Wildman–Crippen MR) is 124 cm³/mol. The first-order valence-corrected chi connectivity index (χ1v) is 13.1. The third-order valence-electron chi connectivity index (χ3n) is 4.05. The monoisotopic (exact) mass is 548 g/mol. The summed E-state index contributed by atoms with van der Waals surface area (Å²) in [5.41, 5.74) is -0.559. The number of anilines is 1. The van der Waals surface area contributed by atoms with Crippen molar-refractivity contribution in [3.63, 3.8) is 0 Å². The zero-order chi connectivity index (χ0) is 24.1. The van der Waals surface area contributed by atoms with Gasteiger partial charge in [-0.1, -0.05) is 40.9 Å². The third-order valence-corrected chi connectivity index (χ3v) is 7.27. The molecule has 0 aliphatic heterocycles. The Morgan fingerprint density at radius 3 is 2.31 bits per heavy atom. The van der Waals surface area contributed by atoms with Crippen molar-refractivity contribution in [2.45, 2.75) is 11.9 Å². The van der Waals surface area contributed by atoms with Gasteiger partial charge in [0, 0.05) is 18.1 Å². The summed E-state index contributed by atoms with van der Waals surface area (Å²) in [6.07, 6.45) is -3.92. The highest BCUT2D eigenvalue weighted by Gasteiger charge is 2.33. The zero-order valence-electron chi connectivity index (χ0n) is 16.5. The normalized spacial score (nSPS) is 12.0. The van der Waals surface area contributed by atoms with Crippen LogP contribution in [-0.4, -0.2) is 39.4 Å². The van der Waals surface area contributed by atoms with E-state index in [1.54, 1.807) is 12.1 Å². The van der Waals surface area contributed by atoms with Crippen LogP contribution in [0, 0.1) is 0 Å². The number of rotatable bonds is 9. The molecule has 32 heavy (non-hydrogen) atoms. The summed E-state index contributed by atoms with van der Waals surface area (Å²) in [6.45, 7) is -0.490. The molecule has 0 aromatic heterocycles. The Labute approximate surface area is 203 Å². The first kappa shape index (κ1) is 26.9. The fourth-order valence-corrected chi connectivity index (χ4v) is 4.79. The first-order valence-electron chi connectivity index (χ1n) is 8.92. The van der Waals surface area contributed by atoms with Gasteiger partial charge in [0.2, 0.25) is 15.9 Å². The number of alkyl halides is 3. The molecule has 2 rings (SSSR count). The molecule has 2 aromatic carbocycles. The van der Waals surface area contributed by atoms with Crippen LogP contribution in [0.15, 0.2) is 36.4 Å². The predicted octanol–water partition coefficient (Wildman–Crippen LogP) is 5.48. The summed E-state index contributed by atoms with van der Waals surface area (Å²) in [5, 5.41) is 3.20. The molecule has 0 fully saturated rings. The number of carbonyl (C=O) groups excluding carboxylic acids is 1. The van der Waals surface area contributed by atoms with Gasteiger partial charge in [0.1, 0.15) is 6.54 Å². The number of benzene rings is 2. The van der Waals surface area contributed by atoms with E-state index < -0.39 is 39.9 Å². The second-order valence-electron chi connectivity index (χ2n) is 6.58. The van der Waals surface area contributed by atoms with E-state index in [2.05, 4.69) is 5.32 Å². The average molecular weight is 550 g/mol. The van der Waals surface area contributed by atoms with Crippen LogP contribution < -0.4 is 9.62 Å². The van der Waals surface area contributed by atoms with Crippen molar-refractivity contribution in [1.29, 1.82) is 0 Å². The van der Waals surface area contributed by atoms with E-state index in [-0.39, 0.29) is 11.6 Å². The molecule has 2 aromatic rings. The molecule has 0 bridgehead atoms. The van der Waals surface area contributed by atoms with Gasteiger partial charge in [-0.05, 0) is 35.9 Å². The lowest BCUT2D eigenvalue weighted by Crippen LogP contribution is -2.41. The van der Waals surface area contributed by atoms with Gasteiger partial charge in [-0.15, -0.1) is 0 Å². The molecule has 0 unspecified atom stereocenters. The number of sulfonamides is 1. The van der Waals surface area contributed by atoms with Crippen LogP contribution >= 0.6 is 46.6 Å². The average Bonchev–Trinajstić information content (AvgIpc) is 2.67. The first-order chi connectivity index (χ1) is 14.8. The molecule has 0 aliphatic rings. The van der Waals surface area contributed by atoms with E-state index in [1.807, 2.05) is 6.07 Å². The number of carbonyl (C=O) groups is 1. The van der Waals surface area contributed by atoms with E-state index in [0.29, 0.717) is 31.9 Å². The lowest BCUT2D eigenvalue weighted by atomic mass is 10.2. The Kier molecular flexibility index (Phi) is 9.42. The molecule has 0 saturated heterocycles. The smallest absolute Gasteiger partial charge is 0.354 e. The van der Waals surface area contributed by atoms with Crippen molar-refractivity contribution in [3.8, 4) is 0 Å². The van der Waals surface area contributed by atoms with Gasteiger partial charge in [-0.2, -0.15) is 24.9 Å². The summed E-state index contributed by atoms with van der Waals surface area (Å²) in [7, 11) is -4.08. The third kappa shape index (κ3) is 7.91. The minimum atomic E-state index is -4.70. The second kappa shape index (κ2) is 11.2. The number of nitrogens with one attached hydrogen (secondary N) is 1.